The minimum absolute atomic E-state index is 0.0855. The highest BCUT2D eigenvalue weighted by atomic mass is 32.2. The van der Waals surface area contributed by atoms with E-state index in [1.807, 2.05) is 4.90 Å². The molecule has 0 aromatic carbocycles. The maximum atomic E-state index is 12.2. The number of carbonyl (C=O) groups is 1. The monoisotopic (exact) mass is 238 g/mol. The Bertz CT molecular complexity index is 368. The van der Waals surface area contributed by atoms with Crippen molar-refractivity contribution in [3.8, 4) is 0 Å². The minimum atomic E-state index is 0.0855. The molecule has 4 rings (SSSR count). The van der Waals surface area contributed by atoms with Gasteiger partial charge in [-0.05, 0) is 23.0 Å². The van der Waals surface area contributed by atoms with Gasteiger partial charge in [-0.3, -0.25) is 4.79 Å². The summed E-state index contributed by atoms with van der Waals surface area (Å²) in [6, 6.07) is 4.01. The third-order valence-corrected chi connectivity index (χ3v) is 5.92. The number of hydrogen-bond acceptors (Lipinski definition) is 2. The van der Waals surface area contributed by atoms with E-state index < -0.39 is 0 Å². The van der Waals surface area contributed by atoms with E-state index in [9.17, 15) is 4.79 Å². The summed E-state index contributed by atoms with van der Waals surface area (Å²) in [6.45, 7) is 0.924. The molecule has 0 spiro atoms. The fourth-order valence-corrected chi connectivity index (χ4v) is 4.86. The second kappa shape index (κ2) is 4.17. The molecule has 1 aromatic heterocycles. The summed E-state index contributed by atoms with van der Waals surface area (Å²) in [6.07, 6.45) is 3.95. The Kier molecular flexibility index (Phi) is 2.67. The highest BCUT2D eigenvalue weighted by Crippen LogP contribution is 2.25. The molecular weight excluding hydrogens is 222 g/mol. The molecule has 3 saturated heterocycles. The van der Waals surface area contributed by atoms with E-state index in [2.05, 4.69) is 0 Å². The fraction of sp³-hybridized carbons (Fsp3) is 0.583. The normalized spacial score (nSPS) is 29.1. The number of hydrogen-bond donors (Lipinski definition) is 0. The molecule has 3 aliphatic heterocycles. The van der Waals surface area contributed by atoms with Gasteiger partial charge in [0.2, 0.25) is 0 Å². The third kappa shape index (κ3) is 1.75. The number of furan rings is 1. The zero-order chi connectivity index (χ0) is 11.0. The lowest BCUT2D eigenvalue weighted by molar-refractivity contribution is 0.0657. The summed E-state index contributed by atoms with van der Waals surface area (Å²) in [5, 5.41) is 0. The summed E-state index contributed by atoms with van der Waals surface area (Å²) in [4.78, 5) is 14.3. The van der Waals surface area contributed by atoms with Crippen LogP contribution in [0.2, 0.25) is 0 Å². The van der Waals surface area contributed by atoms with Crippen molar-refractivity contribution in [2.45, 2.75) is 18.9 Å². The average molecular weight is 238 g/mol. The summed E-state index contributed by atoms with van der Waals surface area (Å²) in [5.74, 6) is 4.43. The van der Waals surface area contributed by atoms with Crippen LogP contribution in [0.1, 0.15) is 23.4 Å². The van der Waals surface area contributed by atoms with Gasteiger partial charge in [-0.1, -0.05) is 0 Å². The van der Waals surface area contributed by atoms with Gasteiger partial charge in [0.25, 0.3) is 5.91 Å². The third-order valence-electron chi connectivity index (χ3n) is 3.53. The summed E-state index contributed by atoms with van der Waals surface area (Å²) in [7, 11) is 0.588. The van der Waals surface area contributed by atoms with E-state index in [1.54, 1.807) is 18.4 Å². The van der Waals surface area contributed by atoms with Crippen molar-refractivity contribution in [3.63, 3.8) is 0 Å². The first kappa shape index (κ1) is 10.3. The van der Waals surface area contributed by atoms with Crippen LogP contribution in [0.3, 0.4) is 0 Å². The first-order valence-electron chi connectivity index (χ1n) is 5.83. The molecule has 16 heavy (non-hydrogen) atoms. The van der Waals surface area contributed by atoms with Crippen molar-refractivity contribution in [1.29, 1.82) is 0 Å². The van der Waals surface area contributed by atoms with E-state index in [0.29, 0.717) is 22.7 Å². The largest absolute Gasteiger partial charge is 0.459 e. The summed E-state index contributed by atoms with van der Waals surface area (Å²) < 4.78 is 5.21. The lowest BCUT2D eigenvalue weighted by Crippen LogP contribution is -2.41. The molecule has 0 aliphatic carbocycles. The first-order valence-corrected chi connectivity index (χ1v) is 7.56. The van der Waals surface area contributed by atoms with Crippen molar-refractivity contribution < 1.29 is 9.21 Å². The second-order valence-electron chi connectivity index (χ2n) is 4.43. The number of nitrogens with zero attached hydrogens (tertiary/aromatic N) is 1. The molecule has 86 valence electrons. The van der Waals surface area contributed by atoms with Crippen molar-refractivity contribution in [2.75, 3.05) is 23.8 Å². The van der Waals surface area contributed by atoms with Gasteiger partial charge in [-0.25, -0.2) is 0 Å². The van der Waals surface area contributed by atoms with Crippen LogP contribution >= 0.6 is 0 Å². The van der Waals surface area contributed by atoms with Crippen molar-refractivity contribution in [3.05, 3.63) is 24.2 Å². The van der Waals surface area contributed by atoms with Gasteiger partial charge < -0.3 is 9.32 Å². The van der Waals surface area contributed by atoms with Crippen LogP contribution in [-0.4, -0.2) is 40.7 Å². The molecule has 3 aliphatic rings. The summed E-state index contributed by atoms with van der Waals surface area (Å²) in [5.41, 5.74) is 0. The zero-order valence-electron chi connectivity index (χ0n) is 9.22. The van der Waals surface area contributed by atoms with E-state index in [1.165, 1.54) is 30.1 Å². The Balaban J connectivity index is 1.81. The van der Waals surface area contributed by atoms with Crippen LogP contribution in [0.15, 0.2) is 22.8 Å². The molecule has 2 bridgehead atoms. The van der Waals surface area contributed by atoms with Crippen molar-refractivity contribution in [1.82, 2.24) is 4.90 Å². The minimum Gasteiger partial charge on any atom is -0.459 e. The molecule has 0 saturated carbocycles. The maximum absolute atomic E-state index is 12.2. The van der Waals surface area contributed by atoms with E-state index in [-0.39, 0.29) is 5.91 Å². The number of rotatable bonds is 1. The van der Waals surface area contributed by atoms with Crippen LogP contribution in [-0.2, 0) is 10.9 Å². The maximum Gasteiger partial charge on any atom is 0.289 e. The highest BCUT2D eigenvalue weighted by molar-refractivity contribution is 7.96. The Hall–Kier alpha value is -0.900. The number of fused-ring (bicyclic) bond motifs is 4. The van der Waals surface area contributed by atoms with E-state index in [0.717, 1.165) is 6.54 Å². The van der Waals surface area contributed by atoms with Gasteiger partial charge >= 0.3 is 0 Å². The van der Waals surface area contributed by atoms with Gasteiger partial charge in [-0.15, -0.1) is 0 Å². The molecule has 3 nitrogen and oxygen atoms in total. The van der Waals surface area contributed by atoms with Crippen LogP contribution in [0.4, 0.5) is 0 Å². The molecule has 0 atom stereocenters. The van der Waals surface area contributed by atoms with Crippen LogP contribution in [0, 0.1) is 0 Å². The van der Waals surface area contributed by atoms with Gasteiger partial charge in [0.1, 0.15) is 17.3 Å². The molecule has 1 aromatic rings. The predicted molar refractivity (Wildman–Crippen MR) is 64.7 cm³/mol. The number of amides is 1. The predicted octanol–water partition coefficient (Wildman–Crippen LogP) is 1.52. The van der Waals surface area contributed by atoms with E-state index >= 15 is 0 Å². The highest BCUT2D eigenvalue weighted by Gasteiger charge is 2.38. The molecular formula is C12H16NO2S+. The molecule has 0 N–H and O–H groups in total. The topological polar surface area (TPSA) is 33.5 Å². The molecule has 4 heteroatoms. The lowest BCUT2D eigenvalue weighted by Gasteiger charge is -2.27. The van der Waals surface area contributed by atoms with Gasteiger partial charge in [0, 0.05) is 18.9 Å². The molecule has 1 amide bonds. The SMILES string of the molecule is O=C(c1ccco1)N1CC[S+]2CCC1CC2. The number of carbonyl (C=O) groups excluding carboxylic acids is 1. The van der Waals surface area contributed by atoms with Gasteiger partial charge in [-0.2, -0.15) is 0 Å². The Morgan fingerprint density at radius 1 is 1.38 bits per heavy atom. The molecule has 3 fully saturated rings. The van der Waals surface area contributed by atoms with Gasteiger partial charge in [0.05, 0.1) is 12.8 Å². The molecule has 0 radical (unpaired) electrons. The van der Waals surface area contributed by atoms with Crippen molar-refractivity contribution >= 4 is 16.8 Å². The fourth-order valence-electron chi connectivity index (χ4n) is 2.59. The Morgan fingerprint density at radius 2 is 2.19 bits per heavy atom. The standard InChI is InChI=1S/C12H16NO2S/c14-12(11-2-1-6-15-11)13-5-9-16-7-3-10(13)4-8-16/h1-2,6,10H,3-5,7-9H2/q+1. The molecule has 4 heterocycles. The lowest BCUT2D eigenvalue weighted by atomic mass is 10.1. The quantitative estimate of drug-likeness (QED) is 0.695. The summed E-state index contributed by atoms with van der Waals surface area (Å²) >= 11 is 0. The zero-order valence-corrected chi connectivity index (χ0v) is 10.0. The van der Waals surface area contributed by atoms with Crippen LogP contribution in [0.25, 0.3) is 0 Å². The van der Waals surface area contributed by atoms with E-state index in [4.69, 9.17) is 4.42 Å². The Labute approximate surface area is 98.1 Å². The Morgan fingerprint density at radius 3 is 2.88 bits per heavy atom. The van der Waals surface area contributed by atoms with Crippen LogP contribution in [0.5, 0.6) is 0 Å². The van der Waals surface area contributed by atoms with Crippen molar-refractivity contribution in [2.24, 2.45) is 0 Å². The second-order valence-corrected chi connectivity index (χ2v) is 6.88. The van der Waals surface area contributed by atoms with Gasteiger partial charge in [0.15, 0.2) is 5.76 Å². The first-order chi connectivity index (χ1) is 7.84. The molecule has 0 unspecified atom stereocenters. The smallest absolute Gasteiger partial charge is 0.289 e. The average Bonchev–Trinajstić information content (AvgIpc) is 2.70. The van der Waals surface area contributed by atoms with Crippen LogP contribution < -0.4 is 0 Å².